The summed E-state index contributed by atoms with van der Waals surface area (Å²) in [6, 6.07) is 9.73. The maximum atomic E-state index is 14.0. The SMILES string of the molecule is CCNC(c1ccc(Br)cc1C)c1cccc(F)c1F. The predicted molar refractivity (Wildman–Crippen MR) is 80.8 cm³/mol. The quantitative estimate of drug-likeness (QED) is 0.848. The van der Waals surface area contributed by atoms with Crippen LogP contribution in [0.4, 0.5) is 8.78 Å². The van der Waals surface area contributed by atoms with Crippen molar-refractivity contribution < 1.29 is 8.78 Å². The molecule has 0 aliphatic rings. The molecule has 0 heterocycles. The Morgan fingerprint density at radius 2 is 1.90 bits per heavy atom. The first kappa shape index (κ1) is 15.1. The molecule has 20 heavy (non-hydrogen) atoms. The molecule has 0 aliphatic heterocycles. The van der Waals surface area contributed by atoms with Crippen molar-refractivity contribution in [3.05, 3.63) is 69.2 Å². The second-order valence-electron chi connectivity index (χ2n) is 4.63. The Morgan fingerprint density at radius 3 is 2.55 bits per heavy atom. The van der Waals surface area contributed by atoms with E-state index in [0.29, 0.717) is 12.1 Å². The fourth-order valence-electron chi connectivity index (χ4n) is 2.30. The van der Waals surface area contributed by atoms with E-state index in [1.54, 1.807) is 6.07 Å². The van der Waals surface area contributed by atoms with Crippen LogP contribution >= 0.6 is 15.9 Å². The van der Waals surface area contributed by atoms with Crippen molar-refractivity contribution in [1.82, 2.24) is 5.32 Å². The number of aryl methyl sites for hydroxylation is 1. The predicted octanol–water partition coefficient (Wildman–Crippen LogP) is 4.73. The van der Waals surface area contributed by atoms with E-state index in [1.165, 1.54) is 6.07 Å². The Bertz CT molecular complexity index is 613. The van der Waals surface area contributed by atoms with Crippen LogP contribution in [0, 0.1) is 18.6 Å². The third-order valence-electron chi connectivity index (χ3n) is 3.24. The molecule has 2 rings (SSSR count). The molecule has 0 saturated heterocycles. The van der Waals surface area contributed by atoms with Crippen molar-refractivity contribution in [3.63, 3.8) is 0 Å². The van der Waals surface area contributed by atoms with Crippen molar-refractivity contribution in [2.75, 3.05) is 6.54 Å². The van der Waals surface area contributed by atoms with Gasteiger partial charge < -0.3 is 5.32 Å². The molecule has 0 aromatic heterocycles. The first-order valence-corrected chi connectivity index (χ1v) is 7.27. The van der Waals surface area contributed by atoms with Crippen LogP contribution in [0.5, 0.6) is 0 Å². The molecule has 1 nitrogen and oxygen atoms in total. The molecule has 2 aromatic rings. The molecule has 0 spiro atoms. The van der Waals surface area contributed by atoms with Gasteiger partial charge >= 0.3 is 0 Å². The highest BCUT2D eigenvalue weighted by atomic mass is 79.9. The zero-order valence-electron chi connectivity index (χ0n) is 11.4. The highest BCUT2D eigenvalue weighted by molar-refractivity contribution is 9.10. The zero-order valence-corrected chi connectivity index (χ0v) is 13.0. The van der Waals surface area contributed by atoms with Gasteiger partial charge in [-0.05, 0) is 42.8 Å². The Morgan fingerprint density at radius 1 is 1.15 bits per heavy atom. The van der Waals surface area contributed by atoms with Crippen molar-refractivity contribution >= 4 is 15.9 Å². The normalized spacial score (nSPS) is 12.4. The lowest BCUT2D eigenvalue weighted by atomic mass is 9.94. The van der Waals surface area contributed by atoms with Crippen molar-refractivity contribution in [2.24, 2.45) is 0 Å². The van der Waals surface area contributed by atoms with Crippen molar-refractivity contribution in [1.29, 1.82) is 0 Å². The molecule has 0 radical (unpaired) electrons. The van der Waals surface area contributed by atoms with Crippen molar-refractivity contribution in [3.8, 4) is 0 Å². The van der Waals surface area contributed by atoms with Gasteiger partial charge in [-0.25, -0.2) is 8.78 Å². The maximum absolute atomic E-state index is 14.0. The molecule has 0 fully saturated rings. The lowest BCUT2D eigenvalue weighted by Crippen LogP contribution is -2.24. The molecule has 1 N–H and O–H groups in total. The Hall–Kier alpha value is -1.26. The summed E-state index contributed by atoms with van der Waals surface area (Å²) in [5.74, 6) is -1.61. The second-order valence-corrected chi connectivity index (χ2v) is 5.55. The van der Waals surface area contributed by atoms with Crippen LogP contribution in [0.15, 0.2) is 40.9 Å². The summed E-state index contributed by atoms with van der Waals surface area (Å²) in [5, 5.41) is 3.22. The molecule has 1 unspecified atom stereocenters. The van der Waals surface area contributed by atoms with Crippen LogP contribution in [-0.4, -0.2) is 6.54 Å². The molecule has 0 aliphatic carbocycles. The van der Waals surface area contributed by atoms with Gasteiger partial charge in [0.25, 0.3) is 0 Å². The number of hydrogen-bond acceptors (Lipinski definition) is 1. The summed E-state index contributed by atoms with van der Waals surface area (Å²) >= 11 is 3.41. The van der Waals surface area contributed by atoms with E-state index in [4.69, 9.17) is 0 Å². The van der Waals surface area contributed by atoms with Crippen LogP contribution in [0.25, 0.3) is 0 Å². The minimum absolute atomic E-state index is 0.331. The number of rotatable bonds is 4. The average Bonchev–Trinajstić information content (AvgIpc) is 2.40. The first-order valence-electron chi connectivity index (χ1n) is 6.48. The maximum Gasteiger partial charge on any atom is 0.163 e. The molecule has 4 heteroatoms. The van der Waals surface area contributed by atoms with E-state index in [9.17, 15) is 8.78 Å². The summed E-state index contributed by atoms with van der Waals surface area (Å²) in [6.45, 7) is 4.57. The molecule has 106 valence electrons. The van der Waals surface area contributed by atoms with Gasteiger partial charge in [-0.1, -0.05) is 41.1 Å². The zero-order chi connectivity index (χ0) is 14.7. The Labute approximate surface area is 126 Å². The molecule has 0 saturated carbocycles. The van der Waals surface area contributed by atoms with E-state index in [0.717, 1.165) is 21.7 Å². The van der Waals surface area contributed by atoms with E-state index in [2.05, 4.69) is 21.2 Å². The van der Waals surface area contributed by atoms with E-state index in [1.807, 2.05) is 32.0 Å². The van der Waals surface area contributed by atoms with Gasteiger partial charge in [0.1, 0.15) is 0 Å². The average molecular weight is 340 g/mol. The minimum atomic E-state index is -0.819. The van der Waals surface area contributed by atoms with E-state index >= 15 is 0 Å². The minimum Gasteiger partial charge on any atom is -0.306 e. The van der Waals surface area contributed by atoms with Gasteiger partial charge in [0.15, 0.2) is 11.6 Å². The Balaban J connectivity index is 2.53. The van der Waals surface area contributed by atoms with Crippen LogP contribution in [0.3, 0.4) is 0 Å². The second kappa shape index (κ2) is 6.46. The summed E-state index contributed by atoms with van der Waals surface area (Å²) < 4.78 is 28.5. The fraction of sp³-hybridized carbons (Fsp3) is 0.250. The van der Waals surface area contributed by atoms with Gasteiger partial charge in [-0.15, -0.1) is 0 Å². The van der Waals surface area contributed by atoms with Gasteiger partial charge in [0, 0.05) is 10.0 Å². The Kier molecular flexibility index (Phi) is 4.89. The molecule has 1 atom stereocenters. The largest absolute Gasteiger partial charge is 0.306 e. The summed E-state index contributed by atoms with van der Waals surface area (Å²) in [5.41, 5.74) is 2.30. The smallest absolute Gasteiger partial charge is 0.163 e. The van der Waals surface area contributed by atoms with Gasteiger partial charge in [-0.2, -0.15) is 0 Å². The van der Waals surface area contributed by atoms with Crippen LogP contribution in [0.1, 0.15) is 29.7 Å². The number of nitrogens with one attached hydrogen (secondary N) is 1. The number of halogens is 3. The molecule has 2 aromatic carbocycles. The summed E-state index contributed by atoms with van der Waals surface area (Å²) in [7, 11) is 0. The van der Waals surface area contributed by atoms with Gasteiger partial charge in [0.2, 0.25) is 0 Å². The molecule has 0 bridgehead atoms. The van der Waals surface area contributed by atoms with E-state index < -0.39 is 11.6 Å². The molecule has 0 amide bonds. The monoisotopic (exact) mass is 339 g/mol. The van der Waals surface area contributed by atoms with Crippen LogP contribution in [-0.2, 0) is 0 Å². The topological polar surface area (TPSA) is 12.0 Å². The first-order chi connectivity index (χ1) is 9.54. The van der Waals surface area contributed by atoms with Crippen LogP contribution in [0.2, 0.25) is 0 Å². The van der Waals surface area contributed by atoms with E-state index in [-0.39, 0.29) is 6.04 Å². The standard InChI is InChI=1S/C16H16BrF2N/c1-3-20-16(12-8-7-11(17)9-10(12)2)13-5-4-6-14(18)15(13)19/h4-9,16,20H,3H2,1-2H3. The van der Waals surface area contributed by atoms with Crippen LogP contribution < -0.4 is 5.32 Å². The molecular formula is C16H16BrF2N. The lowest BCUT2D eigenvalue weighted by molar-refractivity contribution is 0.482. The lowest BCUT2D eigenvalue weighted by Gasteiger charge is -2.21. The summed E-state index contributed by atoms with van der Waals surface area (Å²) in [4.78, 5) is 0. The van der Waals surface area contributed by atoms with Gasteiger partial charge in [0.05, 0.1) is 6.04 Å². The number of benzene rings is 2. The third kappa shape index (κ3) is 3.07. The van der Waals surface area contributed by atoms with Crippen molar-refractivity contribution in [2.45, 2.75) is 19.9 Å². The van der Waals surface area contributed by atoms with Gasteiger partial charge in [-0.3, -0.25) is 0 Å². The highest BCUT2D eigenvalue weighted by Crippen LogP contribution is 2.29. The third-order valence-corrected chi connectivity index (χ3v) is 3.74. The molecular weight excluding hydrogens is 324 g/mol. The highest BCUT2D eigenvalue weighted by Gasteiger charge is 2.20. The fourth-order valence-corrected chi connectivity index (χ4v) is 2.77. The summed E-state index contributed by atoms with van der Waals surface area (Å²) in [6.07, 6.45) is 0. The number of hydrogen-bond donors (Lipinski definition) is 1.